The van der Waals surface area contributed by atoms with Gasteiger partial charge in [-0.2, -0.15) is 0 Å². The van der Waals surface area contributed by atoms with E-state index in [-0.39, 0.29) is 18.7 Å². The van der Waals surface area contributed by atoms with Gasteiger partial charge in [-0.15, -0.1) is 0 Å². The number of ether oxygens (including phenoxy) is 3. The molecule has 1 unspecified atom stereocenters. The van der Waals surface area contributed by atoms with Crippen LogP contribution in [-0.4, -0.2) is 43.3 Å². The molecule has 1 fully saturated rings. The third-order valence-corrected chi connectivity index (χ3v) is 4.80. The number of anilines is 2. The maximum atomic E-state index is 12.8. The number of likely N-dealkylation sites (tertiary alicyclic amines) is 1. The van der Waals surface area contributed by atoms with Crippen molar-refractivity contribution in [2.24, 2.45) is 0 Å². The Morgan fingerprint density at radius 2 is 1.93 bits per heavy atom. The van der Waals surface area contributed by atoms with Crippen molar-refractivity contribution in [3.8, 4) is 17.2 Å². The number of urea groups is 1. The third kappa shape index (κ3) is 3.53. The van der Waals surface area contributed by atoms with Crippen molar-refractivity contribution in [1.29, 1.82) is 0 Å². The Morgan fingerprint density at radius 3 is 2.79 bits per heavy atom. The summed E-state index contributed by atoms with van der Waals surface area (Å²) in [5.41, 5.74) is 1.17. The average Bonchev–Trinajstić information content (AvgIpc) is 3.37. The van der Waals surface area contributed by atoms with Crippen molar-refractivity contribution in [3.05, 3.63) is 42.5 Å². The van der Waals surface area contributed by atoms with Crippen LogP contribution < -0.4 is 24.8 Å². The molecule has 8 heteroatoms. The van der Waals surface area contributed by atoms with Crippen LogP contribution in [0.5, 0.6) is 17.2 Å². The van der Waals surface area contributed by atoms with E-state index in [9.17, 15) is 9.59 Å². The van der Waals surface area contributed by atoms with Crippen molar-refractivity contribution >= 4 is 23.3 Å². The molecule has 2 aromatic carbocycles. The van der Waals surface area contributed by atoms with Crippen LogP contribution in [0.2, 0.25) is 0 Å². The molecule has 0 radical (unpaired) electrons. The van der Waals surface area contributed by atoms with Crippen LogP contribution in [0.4, 0.5) is 16.2 Å². The Kier molecular flexibility index (Phi) is 4.92. The van der Waals surface area contributed by atoms with Gasteiger partial charge in [-0.25, -0.2) is 4.79 Å². The summed E-state index contributed by atoms with van der Waals surface area (Å²) in [5, 5.41) is 5.70. The molecular formula is C20H21N3O5. The van der Waals surface area contributed by atoms with Gasteiger partial charge in [0, 0.05) is 18.3 Å². The SMILES string of the molecule is COc1ccccc1NC(=O)N1CCCC1C(=O)Nc1ccc2c(c1)OCO2. The zero-order valence-electron chi connectivity index (χ0n) is 15.4. The molecule has 2 aromatic rings. The molecule has 8 nitrogen and oxygen atoms in total. The Labute approximate surface area is 162 Å². The summed E-state index contributed by atoms with van der Waals surface area (Å²) in [7, 11) is 1.54. The van der Waals surface area contributed by atoms with Crippen molar-refractivity contribution in [2.45, 2.75) is 18.9 Å². The molecular weight excluding hydrogens is 362 g/mol. The molecule has 0 spiro atoms. The van der Waals surface area contributed by atoms with E-state index in [1.807, 2.05) is 12.1 Å². The number of benzene rings is 2. The van der Waals surface area contributed by atoms with E-state index in [1.54, 1.807) is 42.3 Å². The van der Waals surface area contributed by atoms with Crippen LogP contribution in [0.25, 0.3) is 0 Å². The minimum absolute atomic E-state index is 0.173. The number of methoxy groups -OCH3 is 1. The maximum Gasteiger partial charge on any atom is 0.322 e. The Bertz CT molecular complexity index is 901. The summed E-state index contributed by atoms with van der Waals surface area (Å²) >= 11 is 0. The predicted octanol–water partition coefficient (Wildman–Crippen LogP) is 3.06. The number of nitrogens with one attached hydrogen (secondary N) is 2. The maximum absolute atomic E-state index is 12.8. The fourth-order valence-electron chi connectivity index (χ4n) is 3.42. The van der Waals surface area contributed by atoms with Gasteiger partial charge in [0.1, 0.15) is 11.8 Å². The van der Waals surface area contributed by atoms with Gasteiger partial charge in [-0.05, 0) is 37.1 Å². The largest absolute Gasteiger partial charge is 0.495 e. The number of nitrogens with zero attached hydrogens (tertiary/aromatic N) is 1. The number of amides is 3. The predicted molar refractivity (Wildman–Crippen MR) is 103 cm³/mol. The van der Waals surface area contributed by atoms with Crippen molar-refractivity contribution in [3.63, 3.8) is 0 Å². The van der Waals surface area contributed by atoms with E-state index in [0.29, 0.717) is 41.6 Å². The summed E-state index contributed by atoms with van der Waals surface area (Å²) < 4.78 is 15.9. The molecule has 4 rings (SSSR count). The van der Waals surface area contributed by atoms with Gasteiger partial charge in [-0.1, -0.05) is 12.1 Å². The van der Waals surface area contributed by atoms with Crippen LogP contribution in [-0.2, 0) is 4.79 Å². The lowest BCUT2D eigenvalue weighted by Crippen LogP contribution is -2.45. The van der Waals surface area contributed by atoms with Gasteiger partial charge >= 0.3 is 6.03 Å². The number of rotatable bonds is 4. The molecule has 1 atom stereocenters. The van der Waals surface area contributed by atoms with Crippen molar-refractivity contribution in [2.75, 3.05) is 31.1 Å². The monoisotopic (exact) mass is 383 g/mol. The molecule has 146 valence electrons. The van der Waals surface area contributed by atoms with Gasteiger partial charge in [0.2, 0.25) is 12.7 Å². The zero-order valence-corrected chi connectivity index (χ0v) is 15.4. The molecule has 2 heterocycles. The lowest BCUT2D eigenvalue weighted by Gasteiger charge is -2.24. The van der Waals surface area contributed by atoms with Crippen LogP contribution in [0.15, 0.2) is 42.5 Å². The van der Waals surface area contributed by atoms with E-state index in [1.165, 1.54) is 0 Å². The second-order valence-electron chi connectivity index (χ2n) is 6.54. The summed E-state index contributed by atoms with van der Waals surface area (Å²) in [6, 6.07) is 11.5. The Balaban J connectivity index is 1.44. The molecule has 28 heavy (non-hydrogen) atoms. The highest BCUT2D eigenvalue weighted by atomic mass is 16.7. The third-order valence-electron chi connectivity index (χ3n) is 4.80. The van der Waals surface area contributed by atoms with Crippen LogP contribution in [0.1, 0.15) is 12.8 Å². The minimum atomic E-state index is -0.542. The quantitative estimate of drug-likeness (QED) is 0.847. The highest BCUT2D eigenvalue weighted by Crippen LogP contribution is 2.34. The van der Waals surface area contributed by atoms with E-state index >= 15 is 0 Å². The highest BCUT2D eigenvalue weighted by molar-refractivity contribution is 6.00. The number of carbonyl (C=O) groups is 2. The molecule has 0 aliphatic carbocycles. The zero-order chi connectivity index (χ0) is 19.5. The molecule has 2 aliphatic heterocycles. The molecule has 2 aliphatic rings. The topological polar surface area (TPSA) is 89.1 Å². The van der Waals surface area contributed by atoms with Gasteiger partial charge in [0.15, 0.2) is 11.5 Å². The van der Waals surface area contributed by atoms with Crippen molar-refractivity contribution < 1.29 is 23.8 Å². The van der Waals surface area contributed by atoms with Gasteiger partial charge in [0.25, 0.3) is 0 Å². The first-order chi connectivity index (χ1) is 13.7. The normalized spacial score (nSPS) is 17.3. The molecule has 0 bridgehead atoms. The smallest absolute Gasteiger partial charge is 0.322 e. The van der Waals surface area contributed by atoms with E-state index in [0.717, 1.165) is 6.42 Å². The van der Waals surface area contributed by atoms with Gasteiger partial charge in [0.05, 0.1) is 12.8 Å². The molecule has 2 N–H and O–H groups in total. The van der Waals surface area contributed by atoms with E-state index in [4.69, 9.17) is 14.2 Å². The van der Waals surface area contributed by atoms with Gasteiger partial charge in [-0.3, -0.25) is 4.79 Å². The molecule has 0 saturated carbocycles. The summed E-state index contributed by atoms with van der Waals surface area (Å²) in [6.45, 7) is 0.687. The van der Waals surface area contributed by atoms with E-state index < -0.39 is 6.04 Å². The minimum Gasteiger partial charge on any atom is -0.495 e. The highest BCUT2D eigenvalue weighted by Gasteiger charge is 2.34. The average molecular weight is 383 g/mol. The van der Waals surface area contributed by atoms with Crippen molar-refractivity contribution in [1.82, 2.24) is 4.90 Å². The molecule has 3 amide bonds. The summed E-state index contributed by atoms with van der Waals surface area (Å²) in [4.78, 5) is 27.1. The molecule has 0 aromatic heterocycles. The fourth-order valence-corrected chi connectivity index (χ4v) is 3.42. The second-order valence-corrected chi connectivity index (χ2v) is 6.54. The van der Waals surface area contributed by atoms with E-state index in [2.05, 4.69) is 10.6 Å². The molecule has 1 saturated heterocycles. The number of hydrogen-bond acceptors (Lipinski definition) is 5. The fraction of sp³-hybridized carbons (Fsp3) is 0.300. The summed E-state index contributed by atoms with van der Waals surface area (Å²) in [5.74, 6) is 1.58. The first-order valence-corrected chi connectivity index (χ1v) is 9.07. The van der Waals surface area contributed by atoms with Crippen LogP contribution in [0, 0.1) is 0 Å². The second kappa shape index (κ2) is 7.67. The Hall–Kier alpha value is -3.42. The number of carbonyl (C=O) groups excluding carboxylic acids is 2. The number of para-hydroxylation sites is 2. The lowest BCUT2D eigenvalue weighted by atomic mass is 10.2. The van der Waals surface area contributed by atoms with Gasteiger partial charge < -0.3 is 29.7 Å². The van der Waals surface area contributed by atoms with Crippen LogP contribution >= 0.6 is 0 Å². The number of fused-ring (bicyclic) bond motifs is 1. The lowest BCUT2D eigenvalue weighted by molar-refractivity contribution is -0.119. The Morgan fingerprint density at radius 1 is 1.11 bits per heavy atom. The summed E-state index contributed by atoms with van der Waals surface area (Å²) in [6.07, 6.45) is 1.37. The van der Waals surface area contributed by atoms with Crippen LogP contribution in [0.3, 0.4) is 0 Å². The standard InChI is InChI=1S/C20H21N3O5/c1-26-16-7-3-2-5-14(16)22-20(25)23-10-4-6-15(23)19(24)21-13-8-9-17-18(11-13)28-12-27-17/h2-3,5,7-9,11,15H,4,6,10,12H2,1H3,(H,21,24)(H,22,25). The first-order valence-electron chi connectivity index (χ1n) is 9.07. The first kappa shape index (κ1) is 18.0. The number of hydrogen-bond donors (Lipinski definition) is 2.